The molecule has 3 atom stereocenters. The number of allylic oxidation sites excluding steroid dienone is 8. The van der Waals surface area contributed by atoms with Gasteiger partial charge >= 0.3 is 0 Å². The van der Waals surface area contributed by atoms with Crippen LogP contribution in [0.4, 0.5) is 0 Å². The predicted octanol–water partition coefficient (Wildman–Crippen LogP) is 14.2. The Hall–Kier alpha value is -1.16. The molecule has 0 unspecified atom stereocenters. The summed E-state index contributed by atoms with van der Waals surface area (Å²) in [5.41, 5.74) is 0. The first-order valence-electron chi connectivity index (χ1n) is 21.7. The largest absolute Gasteiger partial charge is 0.344 e. The van der Waals surface area contributed by atoms with Crippen LogP contribution in [0, 0.1) is 5.92 Å². The van der Waals surface area contributed by atoms with Gasteiger partial charge in [0.15, 0.2) is 5.79 Å². The predicted molar refractivity (Wildman–Crippen MR) is 216 cm³/mol. The maximum absolute atomic E-state index is 6.95. The maximum Gasteiger partial charge on any atom is 0.169 e. The van der Waals surface area contributed by atoms with Crippen LogP contribution in [0.25, 0.3) is 0 Å². The van der Waals surface area contributed by atoms with Crippen molar-refractivity contribution in [2.45, 2.75) is 218 Å². The minimum Gasteiger partial charge on any atom is -0.344 e. The molecular weight excluding hydrogens is 599 g/mol. The molecule has 1 saturated heterocycles. The zero-order chi connectivity index (χ0) is 35.1. The van der Waals surface area contributed by atoms with Gasteiger partial charge in [0, 0.05) is 19.4 Å². The fourth-order valence-corrected chi connectivity index (χ4v) is 7.83. The van der Waals surface area contributed by atoms with Crippen molar-refractivity contribution in [2.24, 2.45) is 5.92 Å². The number of hydrogen-bond donors (Lipinski definition) is 0. The Balaban J connectivity index is 1.61. The van der Waals surface area contributed by atoms with Crippen LogP contribution >= 0.6 is 0 Å². The molecule has 49 heavy (non-hydrogen) atoms. The average molecular weight is 682 g/mol. The molecule has 1 saturated carbocycles. The van der Waals surface area contributed by atoms with E-state index < -0.39 is 0 Å². The van der Waals surface area contributed by atoms with E-state index in [1.807, 2.05) is 0 Å². The van der Waals surface area contributed by atoms with Crippen LogP contribution in [0.1, 0.15) is 200 Å². The Morgan fingerprint density at radius 3 is 1.35 bits per heavy atom. The van der Waals surface area contributed by atoms with Crippen molar-refractivity contribution in [1.82, 2.24) is 4.90 Å². The van der Waals surface area contributed by atoms with Crippen LogP contribution < -0.4 is 0 Å². The summed E-state index contributed by atoms with van der Waals surface area (Å²) in [5.74, 6) is 0.437. The minimum atomic E-state index is -0.313. The Labute approximate surface area is 306 Å². The standard InChI is InChI=1S/C46H83NO2/c1-5-7-9-11-13-15-17-19-21-23-25-27-29-31-33-35-39-46(48-44-38-37-43(42-47(3)4)41-45(44)49-46)40-36-34-32-30-28-26-24-22-20-18-16-14-12-10-8-6-2/h13-16,19-22,43-45H,5-12,17-18,23-42H2,1-4H3/b15-13-,16-14-,21-19-,22-20-/t43-,44-,45-/m1/s1. The molecule has 0 aromatic heterocycles. The van der Waals surface area contributed by atoms with E-state index in [0.717, 1.165) is 31.6 Å². The first-order valence-corrected chi connectivity index (χ1v) is 21.7. The molecule has 1 aliphatic heterocycles. The molecule has 2 aliphatic rings. The van der Waals surface area contributed by atoms with Crippen molar-refractivity contribution in [2.75, 3.05) is 20.6 Å². The monoisotopic (exact) mass is 682 g/mol. The third-order valence-corrected chi connectivity index (χ3v) is 10.7. The summed E-state index contributed by atoms with van der Waals surface area (Å²) in [6.07, 6.45) is 56.5. The SMILES string of the molecule is CCCCC/C=C\C/C=C\CCCCCCCCC1(CCCCCCCC/C=C\C/C=C\CCCCC)O[C@@H]2CC[C@@H](CN(C)C)C[C@H]2O1. The van der Waals surface area contributed by atoms with Crippen LogP contribution in [-0.4, -0.2) is 43.5 Å². The van der Waals surface area contributed by atoms with E-state index >= 15 is 0 Å². The third kappa shape index (κ3) is 23.1. The average Bonchev–Trinajstić information content (AvgIpc) is 3.45. The molecule has 0 aromatic carbocycles. The lowest BCUT2D eigenvalue weighted by atomic mass is 9.85. The molecule has 2 rings (SSSR count). The Morgan fingerprint density at radius 2 is 0.898 bits per heavy atom. The van der Waals surface area contributed by atoms with E-state index in [2.05, 4.69) is 81.5 Å². The van der Waals surface area contributed by atoms with Crippen LogP contribution in [-0.2, 0) is 9.47 Å². The second-order valence-electron chi connectivity index (χ2n) is 15.8. The molecular formula is C46H83NO2. The van der Waals surface area contributed by atoms with E-state index in [1.165, 1.54) is 167 Å². The minimum absolute atomic E-state index is 0.313. The normalized spacial score (nSPS) is 21.0. The topological polar surface area (TPSA) is 21.7 Å². The van der Waals surface area contributed by atoms with E-state index in [-0.39, 0.29) is 5.79 Å². The Kier molecular flexibility index (Phi) is 27.4. The van der Waals surface area contributed by atoms with Gasteiger partial charge in [-0.2, -0.15) is 0 Å². The van der Waals surface area contributed by atoms with E-state index in [1.54, 1.807) is 0 Å². The number of nitrogens with zero attached hydrogens (tertiary/aromatic N) is 1. The lowest BCUT2D eigenvalue weighted by molar-refractivity contribution is -0.186. The summed E-state index contributed by atoms with van der Waals surface area (Å²) in [6, 6.07) is 0. The lowest BCUT2D eigenvalue weighted by Gasteiger charge is -2.31. The highest BCUT2D eigenvalue weighted by molar-refractivity contribution is 4.94. The van der Waals surface area contributed by atoms with Crippen LogP contribution in [0.2, 0.25) is 0 Å². The maximum atomic E-state index is 6.95. The summed E-state index contributed by atoms with van der Waals surface area (Å²) in [6.45, 7) is 5.72. The Bertz CT molecular complexity index is 809. The van der Waals surface area contributed by atoms with Crippen LogP contribution in [0.15, 0.2) is 48.6 Å². The molecule has 0 radical (unpaired) electrons. The number of fused-ring (bicyclic) bond motifs is 1. The van der Waals surface area contributed by atoms with Crippen molar-refractivity contribution in [3.8, 4) is 0 Å². The molecule has 2 fully saturated rings. The highest BCUT2D eigenvalue weighted by Gasteiger charge is 2.48. The van der Waals surface area contributed by atoms with Gasteiger partial charge < -0.3 is 14.4 Å². The third-order valence-electron chi connectivity index (χ3n) is 10.7. The fraction of sp³-hybridized carbons (Fsp3) is 0.826. The molecule has 0 aromatic rings. The molecule has 0 amide bonds. The smallest absolute Gasteiger partial charge is 0.169 e. The van der Waals surface area contributed by atoms with Crippen LogP contribution in [0.3, 0.4) is 0 Å². The molecule has 0 N–H and O–H groups in total. The van der Waals surface area contributed by atoms with Gasteiger partial charge in [-0.05, 0) is 116 Å². The number of hydrogen-bond acceptors (Lipinski definition) is 3. The second-order valence-corrected chi connectivity index (χ2v) is 15.8. The zero-order valence-corrected chi connectivity index (χ0v) is 33.3. The molecule has 284 valence electrons. The van der Waals surface area contributed by atoms with Crippen molar-refractivity contribution < 1.29 is 9.47 Å². The van der Waals surface area contributed by atoms with Gasteiger partial charge in [-0.25, -0.2) is 0 Å². The van der Waals surface area contributed by atoms with Crippen molar-refractivity contribution in [3.05, 3.63) is 48.6 Å². The lowest BCUT2D eigenvalue weighted by Crippen LogP contribution is -2.35. The molecule has 0 bridgehead atoms. The number of unbranched alkanes of at least 4 members (excludes halogenated alkanes) is 18. The van der Waals surface area contributed by atoms with E-state index in [9.17, 15) is 0 Å². The van der Waals surface area contributed by atoms with Gasteiger partial charge in [-0.3, -0.25) is 0 Å². The zero-order valence-electron chi connectivity index (χ0n) is 33.3. The van der Waals surface area contributed by atoms with Gasteiger partial charge in [0.2, 0.25) is 0 Å². The highest BCUT2D eigenvalue weighted by Crippen LogP contribution is 2.44. The quantitative estimate of drug-likeness (QED) is 0.0521. The van der Waals surface area contributed by atoms with Gasteiger partial charge in [0.05, 0.1) is 12.2 Å². The van der Waals surface area contributed by atoms with Gasteiger partial charge in [0.25, 0.3) is 0 Å². The highest BCUT2D eigenvalue weighted by atomic mass is 16.8. The van der Waals surface area contributed by atoms with Crippen molar-refractivity contribution in [1.29, 1.82) is 0 Å². The summed E-state index contributed by atoms with van der Waals surface area (Å²) >= 11 is 0. The molecule has 3 heteroatoms. The molecule has 0 spiro atoms. The Morgan fingerprint density at radius 1 is 0.490 bits per heavy atom. The summed E-state index contributed by atoms with van der Waals surface area (Å²) in [4.78, 5) is 2.35. The van der Waals surface area contributed by atoms with Crippen molar-refractivity contribution >= 4 is 0 Å². The number of rotatable bonds is 32. The summed E-state index contributed by atoms with van der Waals surface area (Å²) in [5, 5.41) is 0. The van der Waals surface area contributed by atoms with Crippen molar-refractivity contribution in [3.63, 3.8) is 0 Å². The first kappa shape index (κ1) is 44.0. The summed E-state index contributed by atoms with van der Waals surface area (Å²) in [7, 11) is 4.42. The second kappa shape index (κ2) is 30.5. The van der Waals surface area contributed by atoms with Crippen LogP contribution in [0.5, 0.6) is 0 Å². The van der Waals surface area contributed by atoms with E-state index in [4.69, 9.17) is 9.47 Å². The fourth-order valence-electron chi connectivity index (χ4n) is 7.83. The van der Waals surface area contributed by atoms with Gasteiger partial charge in [0.1, 0.15) is 0 Å². The van der Waals surface area contributed by atoms with E-state index in [0.29, 0.717) is 12.2 Å². The number of ether oxygens (including phenoxy) is 2. The molecule has 1 aliphatic carbocycles. The first-order chi connectivity index (χ1) is 24.1. The molecule has 1 heterocycles. The van der Waals surface area contributed by atoms with Gasteiger partial charge in [-0.15, -0.1) is 0 Å². The molecule has 3 nitrogen and oxygen atoms in total. The summed E-state index contributed by atoms with van der Waals surface area (Å²) < 4.78 is 13.8. The van der Waals surface area contributed by atoms with Gasteiger partial charge in [-0.1, -0.05) is 140 Å².